The average Bonchev–Trinajstić information content (AvgIpc) is 2.80. The molecule has 0 bridgehead atoms. The van der Waals surface area contributed by atoms with Crippen molar-refractivity contribution in [2.24, 2.45) is 5.92 Å². The maximum Gasteiger partial charge on any atom is 0.308 e. The maximum absolute atomic E-state index is 16.3. The summed E-state index contributed by atoms with van der Waals surface area (Å²) in [5, 5.41) is 5.62. The van der Waals surface area contributed by atoms with Crippen molar-refractivity contribution in [3.63, 3.8) is 0 Å². The fraction of sp³-hybridized carbons (Fsp3) is 0.467. The molecule has 0 heterocycles. The van der Waals surface area contributed by atoms with Crippen molar-refractivity contribution in [2.75, 3.05) is 6.61 Å². The highest BCUT2D eigenvalue weighted by atomic mass is 19.1. The van der Waals surface area contributed by atoms with Gasteiger partial charge in [0.05, 0.1) is 19.1 Å². The van der Waals surface area contributed by atoms with Gasteiger partial charge in [0.1, 0.15) is 17.7 Å². The highest BCUT2D eigenvalue weighted by Gasteiger charge is 2.31. The number of ether oxygens (including phenoxy) is 1. The SMILES string of the molecule is C=CNC(CC(C)C)C(=O)N[C@@H](CC(=O)OCC)c1c(F)c(C)cc(-c2c(C)c(C)cc(C)c2C)c1F. The lowest BCUT2D eigenvalue weighted by Gasteiger charge is -2.26. The van der Waals surface area contributed by atoms with Crippen LogP contribution in [0.5, 0.6) is 0 Å². The Balaban J connectivity index is 2.73. The average molecular weight is 515 g/mol. The quantitative estimate of drug-likeness (QED) is 0.339. The molecule has 1 amide bonds. The topological polar surface area (TPSA) is 67.4 Å². The van der Waals surface area contributed by atoms with E-state index in [2.05, 4.69) is 17.2 Å². The Morgan fingerprint density at radius 3 is 2.11 bits per heavy atom. The zero-order valence-electron chi connectivity index (χ0n) is 23.3. The molecule has 0 saturated carbocycles. The van der Waals surface area contributed by atoms with Crippen molar-refractivity contribution < 1.29 is 23.1 Å². The van der Waals surface area contributed by atoms with E-state index in [4.69, 9.17) is 4.74 Å². The van der Waals surface area contributed by atoms with Gasteiger partial charge >= 0.3 is 5.97 Å². The molecule has 37 heavy (non-hydrogen) atoms. The summed E-state index contributed by atoms with van der Waals surface area (Å²) in [6, 6.07) is 1.58. The summed E-state index contributed by atoms with van der Waals surface area (Å²) in [7, 11) is 0. The minimum absolute atomic E-state index is 0.110. The van der Waals surface area contributed by atoms with Gasteiger partial charge in [0, 0.05) is 11.1 Å². The van der Waals surface area contributed by atoms with E-state index in [0.29, 0.717) is 12.0 Å². The molecule has 0 radical (unpaired) electrons. The van der Waals surface area contributed by atoms with E-state index in [-0.39, 0.29) is 29.2 Å². The molecular weight excluding hydrogens is 474 g/mol. The van der Waals surface area contributed by atoms with Gasteiger partial charge in [-0.2, -0.15) is 0 Å². The summed E-state index contributed by atoms with van der Waals surface area (Å²) >= 11 is 0. The van der Waals surface area contributed by atoms with Crippen molar-refractivity contribution in [2.45, 2.75) is 80.3 Å². The first-order chi connectivity index (χ1) is 17.3. The zero-order valence-corrected chi connectivity index (χ0v) is 23.3. The number of rotatable bonds is 11. The third-order valence-electron chi connectivity index (χ3n) is 6.74. The molecule has 0 spiro atoms. The number of aryl methyl sites for hydroxylation is 3. The number of amides is 1. The van der Waals surface area contributed by atoms with Crippen LogP contribution in [0, 0.1) is 52.2 Å². The number of hydrogen-bond donors (Lipinski definition) is 2. The second kappa shape index (κ2) is 12.8. The lowest BCUT2D eigenvalue weighted by molar-refractivity contribution is -0.143. The van der Waals surface area contributed by atoms with Crippen molar-refractivity contribution in [3.8, 4) is 11.1 Å². The Labute approximate surface area is 219 Å². The highest BCUT2D eigenvalue weighted by Crippen LogP contribution is 2.38. The Morgan fingerprint density at radius 1 is 1.00 bits per heavy atom. The van der Waals surface area contributed by atoms with Gasteiger partial charge in [-0.3, -0.25) is 9.59 Å². The van der Waals surface area contributed by atoms with Crippen LogP contribution in [0.25, 0.3) is 11.1 Å². The minimum Gasteiger partial charge on any atom is -0.466 e. The molecule has 7 heteroatoms. The zero-order chi connectivity index (χ0) is 28.0. The molecule has 5 nitrogen and oxygen atoms in total. The molecule has 0 aromatic heterocycles. The number of hydrogen-bond acceptors (Lipinski definition) is 4. The van der Waals surface area contributed by atoms with Gasteiger partial charge in [0.2, 0.25) is 5.91 Å². The summed E-state index contributed by atoms with van der Waals surface area (Å²) in [5.74, 6) is -2.58. The van der Waals surface area contributed by atoms with Crippen LogP contribution >= 0.6 is 0 Å². The Morgan fingerprint density at radius 2 is 1.59 bits per heavy atom. The van der Waals surface area contributed by atoms with Crippen LogP contribution in [0.4, 0.5) is 8.78 Å². The standard InChI is InChI=1S/C30H40F2N2O3/c1-10-33-24(12-16(3)4)30(36)34-23(15-25(35)37-11-2)27-28(31)19(7)14-22(29(27)32)26-20(8)17(5)13-18(6)21(26)9/h10,13-14,16,23-24,33H,1,11-12,15H2,2-9H3,(H,34,36)/t23-,24?/m0/s1. The number of benzene rings is 2. The number of nitrogens with one attached hydrogen (secondary N) is 2. The summed E-state index contributed by atoms with van der Waals surface area (Å²) in [6.45, 7) is 18.6. The van der Waals surface area contributed by atoms with Crippen molar-refractivity contribution in [3.05, 3.63) is 69.9 Å². The molecule has 0 aliphatic heterocycles. The number of esters is 1. The van der Waals surface area contributed by atoms with Crippen molar-refractivity contribution >= 4 is 11.9 Å². The molecular formula is C30H40F2N2O3. The van der Waals surface area contributed by atoms with Gasteiger partial charge in [0.25, 0.3) is 0 Å². The molecule has 202 valence electrons. The molecule has 2 aromatic rings. The molecule has 1 unspecified atom stereocenters. The Bertz CT molecular complexity index is 1150. The molecule has 2 N–H and O–H groups in total. The monoisotopic (exact) mass is 514 g/mol. The second-order valence-corrected chi connectivity index (χ2v) is 10.0. The Hall–Kier alpha value is -3.22. The minimum atomic E-state index is -1.27. The lowest BCUT2D eigenvalue weighted by atomic mass is 9.86. The van der Waals surface area contributed by atoms with Crippen molar-refractivity contribution in [1.82, 2.24) is 10.6 Å². The van der Waals surface area contributed by atoms with Crippen LogP contribution in [0.3, 0.4) is 0 Å². The van der Waals surface area contributed by atoms with E-state index >= 15 is 8.78 Å². The second-order valence-electron chi connectivity index (χ2n) is 10.0. The highest BCUT2D eigenvalue weighted by molar-refractivity contribution is 5.83. The van der Waals surface area contributed by atoms with E-state index in [1.54, 1.807) is 13.8 Å². The van der Waals surface area contributed by atoms with Gasteiger partial charge in [-0.25, -0.2) is 8.78 Å². The summed E-state index contributed by atoms with van der Waals surface area (Å²) in [5.41, 5.74) is 4.54. The molecule has 0 aliphatic rings. The molecule has 0 saturated heterocycles. The third-order valence-corrected chi connectivity index (χ3v) is 6.74. The summed E-state index contributed by atoms with van der Waals surface area (Å²) < 4.78 is 37.1. The fourth-order valence-electron chi connectivity index (χ4n) is 4.65. The van der Waals surface area contributed by atoms with Gasteiger partial charge in [-0.1, -0.05) is 26.5 Å². The van der Waals surface area contributed by atoms with Gasteiger partial charge in [-0.05, 0) is 99.5 Å². The van der Waals surface area contributed by atoms with Crippen LogP contribution in [-0.2, 0) is 14.3 Å². The van der Waals surface area contributed by atoms with Crippen molar-refractivity contribution in [1.29, 1.82) is 0 Å². The van der Waals surface area contributed by atoms with Crippen LogP contribution in [-0.4, -0.2) is 24.5 Å². The maximum atomic E-state index is 16.3. The molecule has 0 fully saturated rings. The fourth-order valence-corrected chi connectivity index (χ4v) is 4.65. The van der Waals surface area contributed by atoms with Crippen LogP contribution < -0.4 is 10.6 Å². The van der Waals surface area contributed by atoms with E-state index in [9.17, 15) is 9.59 Å². The molecule has 2 atom stereocenters. The normalized spacial score (nSPS) is 12.7. The van der Waals surface area contributed by atoms with Gasteiger partial charge < -0.3 is 15.4 Å². The summed E-state index contributed by atoms with van der Waals surface area (Å²) in [6.07, 6.45) is 1.46. The predicted molar refractivity (Wildman–Crippen MR) is 144 cm³/mol. The third kappa shape index (κ3) is 6.96. The molecule has 2 aromatic carbocycles. The van der Waals surface area contributed by atoms with Gasteiger partial charge in [0.15, 0.2) is 0 Å². The van der Waals surface area contributed by atoms with Crippen LogP contribution in [0.1, 0.15) is 73.0 Å². The number of halogens is 2. The lowest BCUT2D eigenvalue weighted by Crippen LogP contribution is -2.45. The number of carbonyl (C=O) groups is 2. The Kier molecular flexibility index (Phi) is 10.4. The van der Waals surface area contributed by atoms with E-state index < -0.39 is 42.0 Å². The van der Waals surface area contributed by atoms with Gasteiger partial charge in [-0.15, -0.1) is 0 Å². The largest absolute Gasteiger partial charge is 0.466 e. The first-order valence-corrected chi connectivity index (χ1v) is 12.7. The van der Waals surface area contributed by atoms with E-state index in [1.807, 2.05) is 47.6 Å². The first kappa shape index (κ1) is 30.0. The number of carbonyl (C=O) groups excluding carboxylic acids is 2. The van der Waals surface area contributed by atoms with E-state index in [1.165, 1.54) is 12.3 Å². The molecule has 0 aliphatic carbocycles. The van der Waals surface area contributed by atoms with E-state index in [0.717, 1.165) is 22.3 Å². The molecule has 2 rings (SSSR count). The predicted octanol–water partition coefficient (Wildman–Crippen LogP) is 6.43. The smallest absolute Gasteiger partial charge is 0.308 e. The van der Waals surface area contributed by atoms with Crippen LogP contribution in [0.15, 0.2) is 24.9 Å². The first-order valence-electron chi connectivity index (χ1n) is 12.7. The van der Waals surface area contributed by atoms with Crippen LogP contribution in [0.2, 0.25) is 0 Å². The summed E-state index contributed by atoms with van der Waals surface area (Å²) in [4.78, 5) is 25.7.